The zero-order chi connectivity index (χ0) is 18.2. The molecular formula is C21H26O4. The molecule has 0 amide bonds. The fraction of sp³-hybridized carbons (Fsp3) is 0.524. The third-order valence-electron chi connectivity index (χ3n) is 4.85. The van der Waals surface area contributed by atoms with Crippen molar-refractivity contribution < 1.29 is 19.1 Å². The first-order chi connectivity index (χ1) is 11.7. The van der Waals surface area contributed by atoms with Gasteiger partial charge >= 0.3 is 11.9 Å². The summed E-state index contributed by atoms with van der Waals surface area (Å²) in [5.74, 6) is -0.258. The first-order valence-electron chi connectivity index (χ1n) is 8.97. The standard InChI is InChI=1S/C21H26O4/c1-14-9-5-6-10-15(14)17-18(24-16(22)13-20(2,3)4)21(25-19(17)23)11-7-8-12-21/h5-6,9-10H,7-8,11-13H2,1-4H3. The number of esters is 2. The smallest absolute Gasteiger partial charge is 0.343 e. The van der Waals surface area contributed by atoms with Crippen molar-refractivity contribution in [1.29, 1.82) is 0 Å². The Labute approximate surface area is 149 Å². The van der Waals surface area contributed by atoms with Crippen LogP contribution >= 0.6 is 0 Å². The molecule has 1 aromatic rings. The Morgan fingerprint density at radius 2 is 1.84 bits per heavy atom. The van der Waals surface area contributed by atoms with E-state index in [1.54, 1.807) is 0 Å². The molecule has 0 N–H and O–H groups in total. The average molecular weight is 342 g/mol. The van der Waals surface area contributed by atoms with Gasteiger partial charge in [-0.3, -0.25) is 4.79 Å². The molecule has 1 aliphatic carbocycles. The van der Waals surface area contributed by atoms with Crippen LogP contribution in [0.3, 0.4) is 0 Å². The van der Waals surface area contributed by atoms with Crippen LogP contribution in [-0.4, -0.2) is 17.5 Å². The van der Waals surface area contributed by atoms with Crippen molar-refractivity contribution in [3.8, 4) is 0 Å². The maximum absolute atomic E-state index is 12.7. The summed E-state index contributed by atoms with van der Waals surface area (Å²) >= 11 is 0. The molecule has 1 heterocycles. The lowest BCUT2D eigenvalue weighted by molar-refractivity contribution is -0.153. The minimum absolute atomic E-state index is 0.174. The highest BCUT2D eigenvalue weighted by Gasteiger charge is 2.52. The molecule has 0 unspecified atom stereocenters. The van der Waals surface area contributed by atoms with Gasteiger partial charge in [0.25, 0.3) is 0 Å². The van der Waals surface area contributed by atoms with E-state index in [4.69, 9.17) is 9.47 Å². The van der Waals surface area contributed by atoms with Gasteiger partial charge in [0.2, 0.25) is 0 Å². The second-order valence-corrected chi connectivity index (χ2v) is 8.32. The normalized spacial score (nSPS) is 19.4. The lowest BCUT2D eigenvalue weighted by Crippen LogP contribution is -2.31. The van der Waals surface area contributed by atoms with E-state index in [2.05, 4.69) is 0 Å². The van der Waals surface area contributed by atoms with Gasteiger partial charge < -0.3 is 9.47 Å². The van der Waals surface area contributed by atoms with Crippen LogP contribution in [0.1, 0.15) is 64.0 Å². The van der Waals surface area contributed by atoms with Crippen molar-refractivity contribution in [3.63, 3.8) is 0 Å². The Balaban J connectivity index is 2.05. The molecule has 2 aliphatic rings. The predicted molar refractivity (Wildman–Crippen MR) is 95.6 cm³/mol. The van der Waals surface area contributed by atoms with Crippen LogP contribution in [0.15, 0.2) is 30.0 Å². The number of hydrogen-bond acceptors (Lipinski definition) is 4. The van der Waals surface area contributed by atoms with Gasteiger partial charge in [-0.25, -0.2) is 4.79 Å². The number of aryl methyl sites for hydroxylation is 1. The van der Waals surface area contributed by atoms with Gasteiger partial charge in [-0.05, 0) is 49.1 Å². The molecule has 0 atom stereocenters. The fourth-order valence-electron chi connectivity index (χ4n) is 3.68. The van der Waals surface area contributed by atoms with Gasteiger partial charge in [0.1, 0.15) is 5.57 Å². The number of rotatable bonds is 3. The molecule has 4 heteroatoms. The Morgan fingerprint density at radius 3 is 2.44 bits per heavy atom. The van der Waals surface area contributed by atoms with Crippen molar-refractivity contribution in [3.05, 3.63) is 41.2 Å². The predicted octanol–water partition coefficient (Wildman–Crippen LogP) is 4.56. The zero-order valence-electron chi connectivity index (χ0n) is 15.5. The maximum atomic E-state index is 12.7. The largest absolute Gasteiger partial charge is 0.447 e. The summed E-state index contributed by atoms with van der Waals surface area (Å²) in [4.78, 5) is 25.2. The second kappa shape index (κ2) is 6.32. The molecule has 25 heavy (non-hydrogen) atoms. The molecule has 0 aromatic heterocycles. The van der Waals surface area contributed by atoms with Crippen molar-refractivity contribution in [2.45, 2.75) is 65.4 Å². The first kappa shape index (κ1) is 17.7. The molecule has 0 bridgehead atoms. The van der Waals surface area contributed by atoms with Gasteiger partial charge in [0.15, 0.2) is 11.4 Å². The van der Waals surface area contributed by atoms with Crippen molar-refractivity contribution in [2.24, 2.45) is 5.41 Å². The lowest BCUT2D eigenvalue weighted by Gasteiger charge is -2.26. The first-order valence-corrected chi connectivity index (χ1v) is 8.97. The third kappa shape index (κ3) is 3.48. The number of carbonyl (C=O) groups excluding carboxylic acids is 2. The Hall–Kier alpha value is -2.10. The molecule has 4 nitrogen and oxygen atoms in total. The molecule has 0 radical (unpaired) electrons. The molecule has 1 fully saturated rings. The summed E-state index contributed by atoms with van der Waals surface area (Å²) in [5, 5.41) is 0. The molecule has 3 rings (SSSR count). The Kier molecular flexibility index (Phi) is 4.48. The van der Waals surface area contributed by atoms with E-state index in [0.29, 0.717) is 30.6 Å². The second-order valence-electron chi connectivity index (χ2n) is 8.32. The number of hydrogen-bond donors (Lipinski definition) is 0. The molecule has 134 valence electrons. The molecule has 1 spiro atoms. The fourth-order valence-corrected chi connectivity index (χ4v) is 3.68. The molecule has 1 aromatic carbocycles. The van der Waals surface area contributed by atoms with Crippen LogP contribution in [0.25, 0.3) is 5.57 Å². The van der Waals surface area contributed by atoms with Gasteiger partial charge in [0, 0.05) is 0 Å². The highest BCUT2D eigenvalue weighted by Crippen LogP contribution is 2.48. The summed E-state index contributed by atoms with van der Waals surface area (Å²) in [6.45, 7) is 7.93. The minimum Gasteiger partial charge on any atom is -0.447 e. The van der Waals surface area contributed by atoms with Gasteiger partial charge in [0.05, 0.1) is 6.42 Å². The highest BCUT2D eigenvalue weighted by molar-refractivity contribution is 6.20. The van der Waals surface area contributed by atoms with E-state index in [-0.39, 0.29) is 17.4 Å². The molecule has 0 saturated heterocycles. The lowest BCUT2D eigenvalue weighted by atomic mass is 9.91. The van der Waals surface area contributed by atoms with Gasteiger partial charge in [-0.15, -0.1) is 0 Å². The van der Waals surface area contributed by atoms with E-state index >= 15 is 0 Å². The van der Waals surface area contributed by atoms with Crippen molar-refractivity contribution in [2.75, 3.05) is 0 Å². The van der Waals surface area contributed by atoms with Crippen LogP contribution < -0.4 is 0 Å². The summed E-state index contributed by atoms with van der Waals surface area (Å²) in [6.07, 6.45) is 3.66. The highest BCUT2D eigenvalue weighted by atomic mass is 16.6. The topological polar surface area (TPSA) is 52.6 Å². The molecular weight excluding hydrogens is 316 g/mol. The van der Waals surface area contributed by atoms with Crippen molar-refractivity contribution >= 4 is 17.5 Å². The number of ether oxygens (including phenoxy) is 2. The third-order valence-corrected chi connectivity index (χ3v) is 4.85. The van der Waals surface area contributed by atoms with E-state index in [0.717, 1.165) is 24.0 Å². The minimum atomic E-state index is -0.762. The summed E-state index contributed by atoms with van der Waals surface area (Å²) in [7, 11) is 0. The molecule has 1 saturated carbocycles. The number of carbonyl (C=O) groups is 2. The quantitative estimate of drug-likeness (QED) is 0.756. The van der Waals surface area contributed by atoms with Crippen LogP contribution in [0.2, 0.25) is 0 Å². The van der Waals surface area contributed by atoms with Crippen molar-refractivity contribution in [1.82, 2.24) is 0 Å². The van der Waals surface area contributed by atoms with E-state index < -0.39 is 5.60 Å². The molecule has 1 aliphatic heterocycles. The zero-order valence-corrected chi connectivity index (χ0v) is 15.5. The van der Waals surface area contributed by atoms with Crippen LogP contribution in [-0.2, 0) is 19.1 Å². The van der Waals surface area contributed by atoms with E-state index in [1.807, 2.05) is 52.0 Å². The van der Waals surface area contributed by atoms with E-state index in [1.165, 1.54) is 0 Å². The monoisotopic (exact) mass is 342 g/mol. The summed E-state index contributed by atoms with van der Waals surface area (Å²) in [6, 6.07) is 7.65. The van der Waals surface area contributed by atoms with Crippen LogP contribution in [0, 0.1) is 12.3 Å². The number of benzene rings is 1. The Morgan fingerprint density at radius 1 is 1.20 bits per heavy atom. The van der Waals surface area contributed by atoms with Crippen LogP contribution in [0.5, 0.6) is 0 Å². The van der Waals surface area contributed by atoms with Gasteiger partial charge in [-0.2, -0.15) is 0 Å². The maximum Gasteiger partial charge on any atom is 0.343 e. The average Bonchev–Trinajstić information content (AvgIpc) is 3.05. The van der Waals surface area contributed by atoms with Gasteiger partial charge in [-0.1, -0.05) is 45.0 Å². The summed E-state index contributed by atoms with van der Waals surface area (Å²) < 4.78 is 11.6. The SMILES string of the molecule is Cc1ccccc1C1=C(OC(=O)CC(C)(C)C)C2(CCCC2)OC1=O. The summed E-state index contributed by atoms with van der Waals surface area (Å²) in [5.41, 5.74) is 1.24. The Bertz CT molecular complexity index is 731. The van der Waals surface area contributed by atoms with E-state index in [9.17, 15) is 9.59 Å². The van der Waals surface area contributed by atoms with Crippen LogP contribution in [0.4, 0.5) is 0 Å².